The van der Waals surface area contributed by atoms with Crippen LogP contribution in [0.1, 0.15) is 38.3 Å². The van der Waals surface area contributed by atoms with Crippen LogP contribution in [0.4, 0.5) is 0 Å². The number of fused-ring (bicyclic) bond motifs is 1. The number of rotatable bonds is 3. The van der Waals surface area contributed by atoms with Gasteiger partial charge in [-0.05, 0) is 44.5 Å². The molecule has 1 N–H and O–H groups in total. The van der Waals surface area contributed by atoms with E-state index in [0.717, 1.165) is 10.0 Å². The second-order valence-corrected chi connectivity index (χ2v) is 7.68. The Morgan fingerprint density at radius 2 is 2.00 bits per heavy atom. The largest absolute Gasteiger partial charge is 0.481 e. The third-order valence-corrected chi connectivity index (χ3v) is 5.43. The highest BCUT2D eigenvalue weighted by atomic mass is 79.9. The molecule has 1 aromatic heterocycles. The lowest BCUT2D eigenvalue weighted by Gasteiger charge is -2.40. The molecule has 6 nitrogen and oxygen atoms in total. The second kappa shape index (κ2) is 6.98. The van der Waals surface area contributed by atoms with E-state index in [1.807, 2.05) is 19.1 Å². The maximum Gasteiger partial charge on any atom is 0.255 e. The number of ether oxygens (including phenoxy) is 1. The summed E-state index contributed by atoms with van der Waals surface area (Å²) in [6.45, 7) is 7.05. The standard InChI is InChI=1S/C20H21BrN2O4/c1-5-15(24)23(26)19-18(22-11-7-6-8-16(22)25)17-12(2)13(21)9-10-14(17)27-20(19,3)4/h6-11,26H,5H2,1-4H3. The first-order valence-corrected chi connectivity index (χ1v) is 9.41. The Hall–Kier alpha value is -2.38. The molecular formula is C20H21BrN2O4. The van der Waals surface area contributed by atoms with Gasteiger partial charge in [-0.1, -0.05) is 28.9 Å². The van der Waals surface area contributed by atoms with Crippen LogP contribution in [0.3, 0.4) is 0 Å². The number of hydrogen-bond donors (Lipinski definition) is 1. The van der Waals surface area contributed by atoms with Crippen molar-refractivity contribution in [1.82, 2.24) is 9.63 Å². The molecule has 1 aromatic carbocycles. The molecule has 2 heterocycles. The molecule has 3 rings (SSSR count). The summed E-state index contributed by atoms with van der Waals surface area (Å²) in [6, 6.07) is 8.48. The summed E-state index contributed by atoms with van der Waals surface area (Å²) in [7, 11) is 0. The molecule has 0 spiro atoms. The normalized spacial score (nSPS) is 15.2. The average molecular weight is 433 g/mol. The van der Waals surface area contributed by atoms with Crippen molar-refractivity contribution >= 4 is 27.5 Å². The molecule has 0 unspecified atom stereocenters. The van der Waals surface area contributed by atoms with Crippen molar-refractivity contribution < 1.29 is 14.7 Å². The third kappa shape index (κ3) is 3.21. The summed E-state index contributed by atoms with van der Waals surface area (Å²) in [5.74, 6) is 0.0896. The van der Waals surface area contributed by atoms with Gasteiger partial charge in [0.15, 0.2) is 0 Å². The predicted molar refractivity (Wildman–Crippen MR) is 106 cm³/mol. The molecule has 0 saturated carbocycles. The van der Waals surface area contributed by atoms with E-state index in [1.165, 1.54) is 10.6 Å². The van der Waals surface area contributed by atoms with Crippen molar-refractivity contribution in [2.45, 2.75) is 39.7 Å². The molecule has 2 aromatic rings. The van der Waals surface area contributed by atoms with Crippen LogP contribution in [-0.4, -0.2) is 26.3 Å². The van der Waals surface area contributed by atoms with Crippen LogP contribution in [0.25, 0.3) is 5.70 Å². The highest BCUT2D eigenvalue weighted by molar-refractivity contribution is 9.10. The number of hydroxylamine groups is 2. The van der Waals surface area contributed by atoms with Crippen LogP contribution >= 0.6 is 15.9 Å². The number of nitrogens with zero attached hydrogens (tertiary/aromatic N) is 2. The summed E-state index contributed by atoms with van der Waals surface area (Å²) in [5.41, 5.74) is 0.813. The fraction of sp³-hybridized carbons (Fsp3) is 0.300. The predicted octanol–water partition coefficient (Wildman–Crippen LogP) is 3.93. The molecule has 7 heteroatoms. The third-order valence-electron chi connectivity index (χ3n) is 4.57. The van der Waals surface area contributed by atoms with Gasteiger partial charge >= 0.3 is 0 Å². The van der Waals surface area contributed by atoms with E-state index in [2.05, 4.69) is 15.9 Å². The van der Waals surface area contributed by atoms with E-state index < -0.39 is 11.5 Å². The van der Waals surface area contributed by atoms with Gasteiger partial charge in [0.25, 0.3) is 5.56 Å². The number of hydrogen-bond acceptors (Lipinski definition) is 4. The second-order valence-electron chi connectivity index (χ2n) is 6.82. The Kier molecular flexibility index (Phi) is 5.01. The molecule has 142 valence electrons. The monoisotopic (exact) mass is 432 g/mol. The van der Waals surface area contributed by atoms with Gasteiger partial charge in [-0.25, -0.2) is 0 Å². The number of carbonyl (C=O) groups is 1. The molecule has 1 aliphatic heterocycles. The zero-order chi connectivity index (χ0) is 19.9. The van der Waals surface area contributed by atoms with Gasteiger partial charge in [-0.15, -0.1) is 0 Å². The van der Waals surface area contributed by atoms with Gasteiger partial charge < -0.3 is 4.74 Å². The Labute approximate surface area is 165 Å². The van der Waals surface area contributed by atoms with E-state index in [4.69, 9.17) is 4.74 Å². The highest BCUT2D eigenvalue weighted by Crippen LogP contribution is 2.45. The Morgan fingerprint density at radius 3 is 2.63 bits per heavy atom. The number of halogens is 1. The lowest BCUT2D eigenvalue weighted by Crippen LogP contribution is -2.46. The lowest BCUT2D eigenvalue weighted by molar-refractivity contribution is -0.161. The molecule has 0 saturated heterocycles. The summed E-state index contributed by atoms with van der Waals surface area (Å²) < 4.78 is 8.39. The highest BCUT2D eigenvalue weighted by Gasteiger charge is 2.41. The van der Waals surface area contributed by atoms with Crippen molar-refractivity contribution in [2.75, 3.05) is 0 Å². The molecule has 0 bridgehead atoms. The van der Waals surface area contributed by atoms with Gasteiger partial charge in [-0.2, -0.15) is 5.06 Å². The van der Waals surface area contributed by atoms with Crippen molar-refractivity contribution in [3.8, 4) is 5.75 Å². The van der Waals surface area contributed by atoms with E-state index >= 15 is 0 Å². The van der Waals surface area contributed by atoms with E-state index in [1.54, 1.807) is 39.1 Å². The van der Waals surface area contributed by atoms with Crippen LogP contribution in [0.2, 0.25) is 0 Å². The Bertz CT molecular complexity index is 1010. The van der Waals surface area contributed by atoms with Crippen molar-refractivity contribution in [1.29, 1.82) is 0 Å². The van der Waals surface area contributed by atoms with Crippen molar-refractivity contribution in [3.05, 3.63) is 68.2 Å². The molecule has 1 aliphatic rings. The smallest absolute Gasteiger partial charge is 0.255 e. The molecule has 27 heavy (non-hydrogen) atoms. The topological polar surface area (TPSA) is 71.8 Å². The molecule has 0 atom stereocenters. The average Bonchev–Trinajstić information content (AvgIpc) is 2.62. The van der Waals surface area contributed by atoms with Gasteiger partial charge in [-0.3, -0.25) is 19.4 Å². The summed E-state index contributed by atoms with van der Waals surface area (Å²) >= 11 is 3.51. The number of aromatic nitrogens is 1. The van der Waals surface area contributed by atoms with Gasteiger partial charge in [0.05, 0.1) is 5.70 Å². The minimum absolute atomic E-state index is 0.109. The molecule has 0 fully saturated rings. The number of carbonyl (C=O) groups excluding carboxylic acids is 1. The number of amides is 1. The van der Waals surface area contributed by atoms with Crippen LogP contribution in [0.5, 0.6) is 5.75 Å². The van der Waals surface area contributed by atoms with Crippen LogP contribution in [0, 0.1) is 6.92 Å². The number of benzene rings is 1. The minimum atomic E-state index is -1.04. The zero-order valence-electron chi connectivity index (χ0n) is 15.6. The van der Waals surface area contributed by atoms with Gasteiger partial charge in [0.2, 0.25) is 5.91 Å². The Balaban J connectivity index is 2.48. The van der Waals surface area contributed by atoms with E-state index in [9.17, 15) is 14.8 Å². The first-order chi connectivity index (χ1) is 12.7. The van der Waals surface area contributed by atoms with Crippen LogP contribution in [0.15, 0.2) is 51.5 Å². The number of pyridine rings is 1. The van der Waals surface area contributed by atoms with Crippen LogP contribution in [-0.2, 0) is 4.79 Å². The fourth-order valence-corrected chi connectivity index (χ4v) is 3.57. The maximum absolute atomic E-state index is 12.6. The zero-order valence-corrected chi connectivity index (χ0v) is 17.2. The molecule has 0 aliphatic carbocycles. The fourth-order valence-electron chi connectivity index (χ4n) is 3.24. The quantitative estimate of drug-likeness (QED) is 0.588. The molecule has 0 radical (unpaired) electrons. The van der Waals surface area contributed by atoms with Crippen molar-refractivity contribution in [3.63, 3.8) is 0 Å². The summed E-state index contributed by atoms with van der Waals surface area (Å²) in [4.78, 5) is 24.9. The van der Waals surface area contributed by atoms with E-state index in [0.29, 0.717) is 22.1 Å². The lowest BCUT2D eigenvalue weighted by atomic mass is 9.91. The molecular weight excluding hydrogens is 412 g/mol. The SMILES string of the molecule is CCC(=O)N(O)C1=C(n2ccccc2=O)c2c(ccc(Br)c2C)OC1(C)C. The Morgan fingerprint density at radius 1 is 1.30 bits per heavy atom. The summed E-state index contributed by atoms with van der Waals surface area (Å²) in [5, 5.41) is 11.3. The van der Waals surface area contributed by atoms with Gasteiger partial charge in [0, 0.05) is 28.7 Å². The van der Waals surface area contributed by atoms with Crippen molar-refractivity contribution in [2.24, 2.45) is 0 Å². The summed E-state index contributed by atoms with van der Waals surface area (Å²) in [6.07, 6.45) is 1.73. The molecule has 1 amide bonds. The van der Waals surface area contributed by atoms with Crippen LogP contribution < -0.4 is 10.3 Å². The first kappa shape index (κ1) is 19.4. The maximum atomic E-state index is 12.6. The first-order valence-electron chi connectivity index (χ1n) is 8.62. The minimum Gasteiger partial charge on any atom is -0.481 e. The van der Waals surface area contributed by atoms with Gasteiger partial charge in [0.1, 0.15) is 17.0 Å². The van der Waals surface area contributed by atoms with E-state index in [-0.39, 0.29) is 17.7 Å².